The monoisotopic (exact) mass is 236 g/mol. The summed E-state index contributed by atoms with van der Waals surface area (Å²) < 4.78 is 5.59. The summed E-state index contributed by atoms with van der Waals surface area (Å²) in [5.74, 6) is 1.09. The Balaban J connectivity index is 2.86. The van der Waals surface area contributed by atoms with Gasteiger partial charge in [-0.3, -0.25) is 0 Å². The zero-order valence-corrected chi connectivity index (χ0v) is 11.5. The van der Waals surface area contributed by atoms with Gasteiger partial charge >= 0.3 is 0 Å². The largest absolute Gasteiger partial charge is 0.491 e. The molecule has 2 nitrogen and oxygen atoms in total. The molecule has 2 atom stereocenters. The zero-order chi connectivity index (χ0) is 13.1. The lowest BCUT2D eigenvalue weighted by Gasteiger charge is -2.30. The molecule has 0 bridgehead atoms. The van der Waals surface area contributed by atoms with Crippen LogP contribution in [0, 0.1) is 5.92 Å². The molecule has 0 amide bonds. The van der Waals surface area contributed by atoms with E-state index in [-0.39, 0.29) is 12.0 Å². The van der Waals surface area contributed by atoms with E-state index in [0.717, 1.165) is 17.7 Å². The SMILES string of the molecule is CCC(C)C(C)(O)c1ccc(OC(C)C)cc1. The van der Waals surface area contributed by atoms with Crippen molar-refractivity contribution < 1.29 is 9.84 Å². The van der Waals surface area contributed by atoms with Gasteiger partial charge in [-0.25, -0.2) is 0 Å². The van der Waals surface area contributed by atoms with Crippen LogP contribution < -0.4 is 4.74 Å². The van der Waals surface area contributed by atoms with Gasteiger partial charge in [0, 0.05) is 0 Å². The third-order valence-electron chi connectivity index (χ3n) is 3.38. The lowest BCUT2D eigenvalue weighted by Crippen LogP contribution is -2.29. The Morgan fingerprint density at radius 1 is 1.18 bits per heavy atom. The maximum absolute atomic E-state index is 10.5. The van der Waals surface area contributed by atoms with Crippen molar-refractivity contribution in [3.05, 3.63) is 29.8 Å². The molecule has 96 valence electrons. The predicted molar refractivity (Wildman–Crippen MR) is 71.2 cm³/mol. The summed E-state index contributed by atoms with van der Waals surface area (Å²) in [5.41, 5.74) is 0.174. The predicted octanol–water partition coefficient (Wildman–Crippen LogP) is 3.73. The van der Waals surface area contributed by atoms with Gasteiger partial charge in [-0.2, -0.15) is 0 Å². The molecular weight excluding hydrogens is 212 g/mol. The highest BCUT2D eigenvalue weighted by atomic mass is 16.5. The summed E-state index contributed by atoms with van der Waals surface area (Å²) >= 11 is 0. The molecule has 0 saturated heterocycles. The van der Waals surface area contributed by atoms with Crippen molar-refractivity contribution in [2.24, 2.45) is 5.92 Å². The average molecular weight is 236 g/mol. The van der Waals surface area contributed by atoms with Gasteiger partial charge in [0.1, 0.15) is 5.75 Å². The molecule has 0 fully saturated rings. The third kappa shape index (κ3) is 3.47. The highest BCUT2D eigenvalue weighted by molar-refractivity contribution is 5.31. The quantitative estimate of drug-likeness (QED) is 0.844. The first-order chi connectivity index (χ1) is 7.87. The van der Waals surface area contributed by atoms with Crippen LogP contribution in [-0.2, 0) is 5.60 Å². The molecule has 1 aromatic carbocycles. The van der Waals surface area contributed by atoms with E-state index in [4.69, 9.17) is 4.74 Å². The second-order valence-corrected chi connectivity index (χ2v) is 5.15. The summed E-state index contributed by atoms with van der Waals surface area (Å²) in [6.45, 7) is 10.0. The van der Waals surface area contributed by atoms with Crippen LogP contribution in [0.25, 0.3) is 0 Å². The Hall–Kier alpha value is -1.02. The standard InChI is InChI=1S/C15H24O2/c1-6-12(4)15(5,16)13-7-9-14(10-8-13)17-11(2)3/h7-12,16H,6H2,1-5H3. The van der Waals surface area contributed by atoms with Crippen molar-refractivity contribution in [1.29, 1.82) is 0 Å². The summed E-state index contributed by atoms with van der Waals surface area (Å²) in [4.78, 5) is 0. The number of aliphatic hydroxyl groups is 1. The van der Waals surface area contributed by atoms with E-state index in [9.17, 15) is 5.11 Å². The van der Waals surface area contributed by atoms with Crippen LogP contribution in [0.5, 0.6) is 5.75 Å². The van der Waals surface area contributed by atoms with Crippen molar-refractivity contribution in [2.45, 2.75) is 52.7 Å². The lowest BCUT2D eigenvalue weighted by molar-refractivity contribution is -0.0000255. The van der Waals surface area contributed by atoms with E-state index in [1.807, 2.05) is 45.0 Å². The van der Waals surface area contributed by atoms with E-state index >= 15 is 0 Å². The van der Waals surface area contributed by atoms with E-state index in [1.165, 1.54) is 0 Å². The Bertz CT molecular complexity index is 338. The van der Waals surface area contributed by atoms with Gasteiger partial charge in [0.2, 0.25) is 0 Å². The molecular formula is C15H24O2. The molecule has 0 aliphatic rings. The summed E-state index contributed by atoms with van der Waals surface area (Å²) in [6, 6.07) is 7.74. The number of ether oxygens (including phenoxy) is 1. The Morgan fingerprint density at radius 3 is 2.12 bits per heavy atom. The third-order valence-corrected chi connectivity index (χ3v) is 3.38. The van der Waals surface area contributed by atoms with Crippen LogP contribution in [0.3, 0.4) is 0 Å². The first-order valence-corrected chi connectivity index (χ1v) is 6.37. The highest BCUT2D eigenvalue weighted by Gasteiger charge is 2.28. The molecule has 0 aliphatic carbocycles. The van der Waals surface area contributed by atoms with Crippen LogP contribution in [0.2, 0.25) is 0 Å². The fourth-order valence-corrected chi connectivity index (χ4v) is 1.83. The fraction of sp³-hybridized carbons (Fsp3) is 0.600. The van der Waals surface area contributed by atoms with Gasteiger partial charge in [-0.05, 0) is 44.4 Å². The Kier molecular flexibility index (Phi) is 4.58. The van der Waals surface area contributed by atoms with Crippen molar-refractivity contribution in [3.8, 4) is 5.75 Å². The first-order valence-electron chi connectivity index (χ1n) is 6.37. The molecule has 17 heavy (non-hydrogen) atoms. The Labute approximate surface area is 105 Å². The van der Waals surface area contributed by atoms with Gasteiger partial charge in [-0.1, -0.05) is 32.4 Å². The van der Waals surface area contributed by atoms with E-state index < -0.39 is 5.60 Å². The number of benzene rings is 1. The van der Waals surface area contributed by atoms with Gasteiger partial charge < -0.3 is 9.84 Å². The van der Waals surface area contributed by atoms with Crippen LogP contribution in [-0.4, -0.2) is 11.2 Å². The molecule has 1 rings (SSSR count). The average Bonchev–Trinajstić information content (AvgIpc) is 2.27. The highest BCUT2D eigenvalue weighted by Crippen LogP contribution is 2.32. The fourth-order valence-electron chi connectivity index (χ4n) is 1.83. The van der Waals surface area contributed by atoms with Gasteiger partial charge in [0.15, 0.2) is 0 Å². The van der Waals surface area contributed by atoms with Crippen LogP contribution in [0.1, 0.15) is 46.6 Å². The van der Waals surface area contributed by atoms with Crippen molar-refractivity contribution in [2.75, 3.05) is 0 Å². The molecule has 0 radical (unpaired) electrons. The minimum Gasteiger partial charge on any atom is -0.491 e. The summed E-state index contributed by atoms with van der Waals surface area (Å²) in [7, 11) is 0. The summed E-state index contributed by atoms with van der Waals surface area (Å²) in [5, 5.41) is 10.5. The molecule has 1 aromatic rings. The minimum absolute atomic E-state index is 0.177. The van der Waals surface area contributed by atoms with Crippen molar-refractivity contribution in [3.63, 3.8) is 0 Å². The second-order valence-electron chi connectivity index (χ2n) is 5.15. The van der Waals surface area contributed by atoms with E-state index in [2.05, 4.69) is 13.8 Å². The summed E-state index contributed by atoms with van der Waals surface area (Å²) in [6.07, 6.45) is 1.13. The molecule has 1 N–H and O–H groups in total. The normalized spacial score (nSPS) is 16.6. The smallest absolute Gasteiger partial charge is 0.119 e. The maximum Gasteiger partial charge on any atom is 0.119 e. The van der Waals surface area contributed by atoms with Crippen LogP contribution in [0.15, 0.2) is 24.3 Å². The molecule has 0 heterocycles. The molecule has 0 aromatic heterocycles. The molecule has 2 heteroatoms. The number of rotatable bonds is 5. The maximum atomic E-state index is 10.5. The van der Waals surface area contributed by atoms with Gasteiger partial charge in [0.05, 0.1) is 11.7 Å². The van der Waals surface area contributed by atoms with E-state index in [1.54, 1.807) is 0 Å². The second kappa shape index (κ2) is 5.54. The topological polar surface area (TPSA) is 29.5 Å². The van der Waals surface area contributed by atoms with Crippen LogP contribution in [0.4, 0.5) is 0 Å². The number of hydrogen-bond acceptors (Lipinski definition) is 2. The molecule has 2 unspecified atom stereocenters. The molecule has 0 aliphatic heterocycles. The van der Waals surface area contributed by atoms with Crippen LogP contribution >= 0.6 is 0 Å². The lowest BCUT2D eigenvalue weighted by atomic mass is 9.82. The first kappa shape index (κ1) is 14.0. The van der Waals surface area contributed by atoms with Crippen molar-refractivity contribution >= 4 is 0 Å². The minimum atomic E-state index is -0.773. The molecule has 0 saturated carbocycles. The molecule has 0 spiro atoms. The van der Waals surface area contributed by atoms with E-state index in [0.29, 0.717) is 0 Å². The Morgan fingerprint density at radius 2 is 1.71 bits per heavy atom. The van der Waals surface area contributed by atoms with Gasteiger partial charge in [0.25, 0.3) is 0 Å². The zero-order valence-electron chi connectivity index (χ0n) is 11.5. The van der Waals surface area contributed by atoms with Crippen molar-refractivity contribution in [1.82, 2.24) is 0 Å². The number of hydrogen-bond donors (Lipinski definition) is 1. The van der Waals surface area contributed by atoms with Gasteiger partial charge in [-0.15, -0.1) is 0 Å².